The van der Waals surface area contributed by atoms with Crippen LogP contribution in [0.15, 0.2) is 4.52 Å². The smallest absolute Gasteiger partial charge is 0.243 e. The van der Waals surface area contributed by atoms with Gasteiger partial charge in [-0.25, -0.2) is 0 Å². The van der Waals surface area contributed by atoms with E-state index in [1.54, 1.807) is 0 Å². The Hall–Kier alpha value is -0.900. The highest BCUT2D eigenvalue weighted by Gasteiger charge is 2.22. The molecule has 1 N–H and O–H groups in total. The Morgan fingerprint density at radius 2 is 1.94 bits per heavy atom. The molecule has 1 aromatic heterocycles. The summed E-state index contributed by atoms with van der Waals surface area (Å²) in [5.74, 6) is 1.79. The van der Waals surface area contributed by atoms with Crippen LogP contribution in [0.25, 0.3) is 0 Å². The van der Waals surface area contributed by atoms with E-state index in [1.807, 2.05) is 0 Å². The maximum Gasteiger partial charge on any atom is 0.243 e. The van der Waals surface area contributed by atoms with Crippen LogP contribution in [-0.2, 0) is 0 Å². The molecule has 1 aromatic rings. The van der Waals surface area contributed by atoms with Crippen LogP contribution in [0, 0.1) is 0 Å². The summed E-state index contributed by atoms with van der Waals surface area (Å²) in [6.07, 6.45) is 0.941. The van der Waals surface area contributed by atoms with Crippen LogP contribution in [0.3, 0.4) is 0 Å². The van der Waals surface area contributed by atoms with E-state index in [2.05, 4.69) is 57.0 Å². The number of rotatable bonds is 4. The van der Waals surface area contributed by atoms with Crippen molar-refractivity contribution < 1.29 is 4.52 Å². The molecule has 1 atom stereocenters. The van der Waals surface area contributed by atoms with E-state index in [9.17, 15) is 0 Å². The van der Waals surface area contributed by atoms with Gasteiger partial charge in [-0.15, -0.1) is 0 Å². The zero-order chi connectivity index (χ0) is 12.3. The fourth-order valence-corrected chi connectivity index (χ4v) is 1.48. The Kier molecular flexibility index (Phi) is 4.08. The zero-order valence-corrected chi connectivity index (χ0v) is 11.2. The normalized spacial score (nSPS) is 14.4. The molecule has 0 bridgehead atoms. The zero-order valence-electron chi connectivity index (χ0n) is 11.2. The van der Waals surface area contributed by atoms with E-state index < -0.39 is 0 Å². The van der Waals surface area contributed by atoms with Gasteiger partial charge in [-0.2, -0.15) is 4.98 Å². The Morgan fingerprint density at radius 3 is 2.31 bits per heavy atom. The number of nitrogens with one attached hydrogen (secondary N) is 1. The van der Waals surface area contributed by atoms with E-state index in [4.69, 9.17) is 4.52 Å². The summed E-state index contributed by atoms with van der Waals surface area (Å²) in [5, 5.41) is 7.47. The quantitative estimate of drug-likeness (QED) is 0.855. The predicted octanol–water partition coefficient (Wildman–Crippen LogP) is 3.03. The van der Waals surface area contributed by atoms with E-state index in [1.165, 1.54) is 0 Å². The molecular weight excluding hydrogens is 202 g/mol. The van der Waals surface area contributed by atoms with Crippen molar-refractivity contribution in [2.24, 2.45) is 0 Å². The number of nitrogens with zero attached hydrogens (tertiary/aromatic N) is 2. The Morgan fingerprint density at radius 1 is 1.31 bits per heavy atom. The molecule has 4 heteroatoms. The molecule has 0 saturated carbocycles. The molecule has 0 aromatic carbocycles. The molecule has 0 radical (unpaired) electrons. The highest BCUT2D eigenvalue weighted by atomic mass is 16.5. The second-order valence-electron chi connectivity index (χ2n) is 5.50. The first kappa shape index (κ1) is 13.2. The molecule has 0 fully saturated rings. The van der Waals surface area contributed by atoms with E-state index in [-0.39, 0.29) is 11.6 Å². The van der Waals surface area contributed by atoms with Crippen LogP contribution in [0.1, 0.15) is 71.6 Å². The summed E-state index contributed by atoms with van der Waals surface area (Å²) < 4.78 is 5.30. The molecule has 92 valence electrons. The molecule has 0 aliphatic heterocycles. The maximum absolute atomic E-state index is 5.30. The van der Waals surface area contributed by atoms with Crippen LogP contribution in [-0.4, -0.2) is 15.7 Å². The third kappa shape index (κ3) is 3.59. The third-order valence-electron chi connectivity index (χ3n) is 2.29. The average Bonchev–Trinajstić information content (AvgIpc) is 2.61. The van der Waals surface area contributed by atoms with Crippen molar-refractivity contribution in [2.45, 2.75) is 65.5 Å². The molecule has 0 amide bonds. The Bertz CT molecular complexity index is 325. The first-order chi connectivity index (χ1) is 7.33. The van der Waals surface area contributed by atoms with Gasteiger partial charge in [-0.1, -0.05) is 25.9 Å². The first-order valence-corrected chi connectivity index (χ1v) is 5.94. The minimum atomic E-state index is 0.0488. The lowest BCUT2D eigenvalue weighted by Crippen LogP contribution is -2.38. The van der Waals surface area contributed by atoms with Gasteiger partial charge in [0.05, 0.1) is 6.04 Å². The van der Waals surface area contributed by atoms with Gasteiger partial charge in [-0.3, -0.25) is 0 Å². The molecule has 16 heavy (non-hydrogen) atoms. The monoisotopic (exact) mass is 225 g/mol. The molecule has 1 unspecified atom stereocenters. The summed E-state index contributed by atoms with van der Waals surface area (Å²) in [7, 11) is 0. The fourth-order valence-electron chi connectivity index (χ4n) is 1.48. The van der Waals surface area contributed by atoms with E-state index in [0.29, 0.717) is 11.8 Å². The van der Waals surface area contributed by atoms with Crippen molar-refractivity contribution in [1.82, 2.24) is 15.5 Å². The fraction of sp³-hybridized carbons (Fsp3) is 0.833. The van der Waals surface area contributed by atoms with Gasteiger partial charge in [0.2, 0.25) is 5.89 Å². The van der Waals surface area contributed by atoms with E-state index in [0.717, 1.165) is 12.2 Å². The SMILES string of the molecule is CCC(NC(C)(C)C)c1nc(C(C)C)no1. The van der Waals surface area contributed by atoms with Gasteiger partial charge in [0, 0.05) is 11.5 Å². The van der Waals surface area contributed by atoms with Gasteiger partial charge in [0.1, 0.15) is 0 Å². The molecule has 1 heterocycles. The third-order valence-corrected chi connectivity index (χ3v) is 2.29. The highest BCUT2D eigenvalue weighted by molar-refractivity contribution is 4.97. The number of hydrogen-bond acceptors (Lipinski definition) is 4. The summed E-state index contributed by atoms with van der Waals surface area (Å²) in [6, 6.07) is 0.139. The lowest BCUT2D eigenvalue weighted by atomic mass is 10.1. The second-order valence-corrected chi connectivity index (χ2v) is 5.50. The standard InChI is InChI=1S/C12H23N3O/c1-7-9(14-12(4,5)6)11-13-10(8(2)3)15-16-11/h8-9,14H,7H2,1-6H3. The minimum absolute atomic E-state index is 0.0488. The molecular formula is C12H23N3O. The largest absolute Gasteiger partial charge is 0.338 e. The Balaban J connectivity index is 2.79. The van der Waals surface area contributed by atoms with Gasteiger partial charge in [0.15, 0.2) is 5.82 Å². The molecule has 0 saturated heterocycles. The van der Waals surface area contributed by atoms with Crippen LogP contribution >= 0.6 is 0 Å². The summed E-state index contributed by atoms with van der Waals surface area (Å²) >= 11 is 0. The van der Waals surface area contributed by atoms with Crippen LogP contribution in [0.5, 0.6) is 0 Å². The molecule has 0 aliphatic carbocycles. The van der Waals surface area contributed by atoms with Crippen molar-refractivity contribution in [2.75, 3.05) is 0 Å². The molecule has 0 spiro atoms. The lowest BCUT2D eigenvalue weighted by molar-refractivity contribution is 0.279. The maximum atomic E-state index is 5.30. The number of aromatic nitrogens is 2. The van der Waals surface area contributed by atoms with Crippen LogP contribution < -0.4 is 5.32 Å². The van der Waals surface area contributed by atoms with Crippen LogP contribution in [0.2, 0.25) is 0 Å². The second kappa shape index (κ2) is 4.95. The van der Waals surface area contributed by atoms with Crippen molar-refractivity contribution in [1.29, 1.82) is 0 Å². The predicted molar refractivity (Wildman–Crippen MR) is 64.3 cm³/mol. The van der Waals surface area contributed by atoms with Crippen molar-refractivity contribution in [3.8, 4) is 0 Å². The van der Waals surface area contributed by atoms with Gasteiger partial charge in [-0.05, 0) is 27.2 Å². The van der Waals surface area contributed by atoms with Crippen molar-refractivity contribution in [3.63, 3.8) is 0 Å². The number of hydrogen-bond donors (Lipinski definition) is 1. The molecule has 1 rings (SSSR count). The average molecular weight is 225 g/mol. The topological polar surface area (TPSA) is 51.0 Å². The Labute approximate surface area is 97.8 Å². The summed E-state index contributed by atoms with van der Waals surface area (Å²) in [5.41, 5.74) is 0.0488. The van der Waals surface area contributed by atoms with Gasteiger partial charge < -0.3 is 9.84 Å². The lowest BCUT2D eigenvalue weighted by Gasteiger charge is -2.25. The summed E-state index contributed by atoms with van der Waals surface area (Å²) in [4.78, 5) is 4.42. The van der Waals surface area contributed by atoms with Gasteiger partial charge in [0.25, 0.3) is 0 Å². The van der Waals surface area contributed by atoms with Crippen LogP contribution in [0.4, 0.5) is 0 Å². The van der Waals surface area contributed by atoms with Crippen molar-refractivity contribution in [3.05, 3.63) is 11.7 Å². The minimum Gasteiger partial charge on any atom is -0.338 e. The molecule has 4 nitrogen and oxygen atoms in total. The molecule has 0 aliphatic rings. The van der Waals surface area contributed by atoms with Gasteiger partial charge >= 0.3 is 0 Å². The summed E-state index contributed by atoms with van der Waals surface area (Å²) in [6.45, 7) is 12.6. The highest BCUT2D eigenvalue weighted by Crippen LogP contribution is 2.20. The van der Waals surface area contributed by atoms with E-state index >= 15 is 0 Å². The first-order valence-electron chi connectivity index (χ1n) is 5.94. The van der Waals surface area contributed by atoms with Crippen molar-refractivity contribution >= 4 is 0 Å².